The van der Waals surface area contributed by atoms with Crippen molar-refractivity contribution < 1.29 is 18.8 Å². The molecule has 3 aromatic heterocycles. The molecule has 3 heterocycles. The number of amides is 3. The number of hydrazine groups is 1. The van der Waals surface area contributed by atoms with Crippen LogP contribution < -0.4 is 21.7 Å². The normalized spacial score (nSPS) is 10.8. The molecule has 1 aromatic carbocycles. The maximum Gasteiger partial charge on any atom is 0.290 e. The number of carbonyl (C=O) groups excluding carboxylic acids is 3. The predicted molar refractivity (Wildman–Crippen MR) is 125 cm³/mol. The largest absolute Gasteiger partial charge is 0.469 e. The molecule has 0 radical (unpaired) electrons. The number of aromatic nitrogens is 3. The topological polar surface area (TPSA) is 148 Å². The van der Waals surface area contributed by atoms with Crippen molar-refractivity contribution >= 4 is 45.0 Å². The first kappa shape index (κ1) is 22.9. The van der Waals surface area contributed by atoms with Crippen molar-refractivity contribution in [3.63, 3.8) is 0 Å². The summed E-state index contributed by atoms with van der Waals surface area (Å²) in [6.07, 6.45) is 1.30. The molecule has 174 valence electrons. The first-order chi connectivity index (χ1) is 16.4. The number of furan rings is 1. The number of benzene rings is 1. The van der Waals surface area contributed by atoms with Crippen molar-refractivity contribution in [3.05, 3.63) is 75.0 Å². The van der Waals surface area contributed by atoms with Gasteiger partial charge >= 0.3 is 0 Å². The van der Waals surface area contributed by atoms with Crippen LogP contribution in [0.15, 0.2) is 51.2 Å². The Morgan fingerprint density at radius 1 is 1.09 bits per heavy atom. The molecule has 11 nitrogen and oxygen atoms in total. The van der Waals surface area contributed by atoms with E-state index < -0.39 is 11.8 Å². The van der Waals surface area contributed by atoms with Crippen molar-refractivity contribution in [2.24, 2.45) is 0 Å². The van der Waals surface area contributed by atoms with Gasteiger partial charge in [0.1, 0.15) is 5.76 Å². The Balaban J connectivity index is 1.38. The zero-order valence-electron chi connectivity index (χ0n) is 18.2. The minimum absolute atomic E-state index is 0.0190. The third-order valence-corrected chi connectivity index (χ3v) is 5.72. The number of fused-ring (bicyclic) bond motifs is 1. The number of nitrogens with zero attached hydrogens (tertiary/aromatic N) is 3. The molecule has 0 aliphatic heterocycles. The van der Waals surface area contributed by atoms with Gasteiger partial charge in [-0.1, -0.05) is 18.2 Å². The predicted octanol–water partition coefficient (Wildman–Crippen LogP) is 2.03. The number of aryl methyl sites for hydroxylation is 2. The summed E-state index contributed by atoms with van der Waals surface area (Å²) in [5.74, 6) is -1.05. The first-order valence-corrected chi connectivity index (χ1v) is 11.1. The van der Waals surface area contributed by atoms with Crippen LogP contribution in [0.2, 0.25) is 0 Å². The van der Waals surface area contributed by atoms with Gasteiger partial charge in [0.2, 0.25) is 5.91 Å². The maximum absolute atomic E-state index is 12.7. The van der Waals surface area contributed by atoms with Crippen LogP contribution in [0.3, 0.4) is 0 Å². The lowest BCUT2D eigenvalue weighted by atomic mass is 10.1. The SMILES string of the molecule is CCn1nc(C(=O)NNC(=O)Cc2csc(NC(=O)c3ccoc3C)n2)c2ccccc2c1=O. The Morgan fingerprint density at radius 2 is 1.85 bits per heavy atom. The number of rotatable bonds is 6. The van der Waals surface area contributed by atoms with Crippen LogP contribution in [0, 0.1) is 6.92 Å². The molecule has 4 rings (SSSR count). The molecule has 0 saturated carbocycles. The van der Waals surface area contributed by atoms with Crippen LogP contribution in [0.5, 0.6) is 0 Å². The molecular weight excluding hydrogens is 460 g/mol. The van der Waals surface area contributed by atoms with E-state index in [0.717, 1.165) is 0 Å². The van der Waals surface area contributed by atoms with Crippen molar-refractivity contribution in [3.8, 4) is 0 Å². The summed E-state index contributed by atoms with van der Waals surface area (Å²) >= 11 is 1.17. The number of nitrogens with one attached hydrogen (secondary N) is 3. The summed E-state index contributed by atoms with van der Waals surface area (Å²) in [6.45, 7) is 3.71. The Hall–Kier alpha value is -4.32. The monoisotopic (exact) mass is 480 g/mol. The third-order valence-electron chi connectivity index (χ3n) is 4.92. The molecule has 12 heteroatoms. The van der Waals surface area contributed by atoms with Crippen LogP contribution in [0.25, 0.3) is 10.8 Å². The highest BCUT2D eigenvalue weighted by Gasteiger charge is 2.18. The molecule has 4 aromatic rings. The Labute approximate surface area is 196 Å². The van der Waals surface area contributed by atoms with Gasteiger partial charge in [0.25, 0.3) is 17.4 Å². The Morgan fingerprint density at radius 3 is 2.56 bits per heavy atom. The molecule has 0 unspecified atom stereocenters. The lowest BCUT2D eigenvalue weighted by Crippen LogP contribution is -2.43. The van der Waals surface area contributed by atoms with Gasteiger partial charge in [-0.05, 0) is 26.0 Å². The molecule has 0 atom stereocenters. The number of carbonyl (C=O) groups is 3. The molecular formula is C22H20N6O5S. The van der Waals surface area contributed by atoms with E-state index in [0.29, 0.717) is 39.5 Å². The van der Waals surface area contributed by atoms with E-state index in [1.54, 1.807) is 49.6 Å². The van der Waals surface area contributed by atoms with E-state index >= 15 is 0 Å². The van der Waals surface area contributed by atoms with Crippen LogP contribution in [0.4, 0.5) is 5.13 Å². The van der Waals surface area contributed by atoms with Crippen molar-refractivity contribution in [2.75, 3.05) is 5.32 Å². The first-order valence-electron chi connectivity index (χ1n) is 10.3. The maximum atomic E-state index is 12.7. The zero-order valence-corrected chi connectivity index (χ0v) is 19.1. The van der Waals surface area contributed by atoms with Gasteiger partial charge in [0.05, 0.1) is 29.3 Å². The molecule has 0 bridgehead atoms. The average molecular weight is 481 g/mol. The average Bonchev–Trinajstić information content (AvgIpc) is 3.46. The highest BCUT2D eigenvalue weighted by Crippen LogP contribution is 2.18. The van der Waals surface area contributed by atoms with Crippen LogP contribution in [0.1, 0.15) is 39.2 Å². The molecule has 0 saturated heterocycles. The van der Waals surface area contributed by atoms with E-state index in [1.165, 1.54) is 22.3 Å². The van der Waals surface area contributed by atoms with Crippen LogP contribution in [-0.2, 0) is 17.8 Å². The number of hydrogen-bond acceptors (Lipinski definition) is 8. The standard InChI is InChI=1S/C22H20N6O5S/c1-3-28-21(32)16-7-5-4-6-15(16)18(27-28)20(31)26-25-17(29)10-13-11-34-22(23-13)24-19(30)14-8-9-33-12(14)2/h4-9,11H,3,10H2,1-2H3,(H,25,29)(H,26,31)(H,23,24,30). The van der Waals surface area contributed by atoms with E-state index in [4.69, 9.17) is 4.42 Å². The van der Waals surface area contributed by atoms with Crippen molar-refractivity contribution in [1.82, 2.24) is 25.6 Å². The number of thiazole rings is 1. The molecule has 0 fully saturated rings. The number of hydrogen-bond donors (Lipinski definition) is 3. The second-order valence-electron chi connectivity index (χ2n) is 7.18. The van der Waals surface area contributed by atoms with E-state index in [2.05, 4.69) is 26.3 Å². The van der Waals surface area contributed by atoms with E-state index in [9.17, 15) is 19.2 Å². The molecule has 3 amide bonds. The third kappa shape index (κ3) is 4.71. The Bertz CT molecular complexity index is 1450. The quantitative estimate of drug-likeness (QED) is 0.358. The minimum Gasteiger partial charge on any atom is -0.469 e. The fraction of sp³-hybridized carbons (Fsp3) is 0.182. The van der Waals surface area contributed by atoms with Crippen molar-refractivity contribution in [1.29, 1.82) is 0 Å². The van der Waals surface area contributed by atoms with Crippen LogP contribution >= 0.6 is 11.3 Å². The van der Waals surface area contributed by atoms with Gasteiger partial charge in [-0.25, -0.2) is 9.67 Å². The zero-order chi connectivity index (χ0) is 24.2. The minimum atomic E-state index is -0.659. The van der Waals surface area contributed by atoms with Gasteiger partial charge in [-0.2, -0.15) is 5.10 Å². The molecule has 34 heavy (non-hydrogen) atoms. The second kappa shape index (κ2) is 9.67. The lowest BCUT2D eigenvalue weighted by molar-refractivity contribution is -0.121. The number of anilines is 1. The highest BCUT2D eigenvalue weighted by molar-refractivity contribution is 7.14. The molecule has 3 N–H and O–H groups in total. The van der Waals surface area contributed by atoms with E-state index in [-0.39, 0.29) is 23.6 Å². The Kier molecular flexibility index (Phi) is 6.50. The van der Waals surface area contributed by atoms with Gasteiger partial charge in [0, 0.05) is 17.3 Å². The summed E-state index contributed by atoms with van der Waals surface area (Å²) in [4.78, 5) is 53.9. The van der Waals surface area contributed by atoms with Crippen molar-refractivity contribution in [2.45, 2.75) is 26.8 Å². The van der Waals surface area contributed by atoms with E-state index in [1.807, 2.05) is 0 Å². The summed E-state index contributed by atoms with van der Waals surface area (Å²) in [6, 6.07) is 8.19. The summed E-state index contributed by atoms with van der Waals surface area (Å²) in [7, 11) is 0. The fourth-order valence-corrected chi connectivity index (χ4v) is 3.95. The molecule has 0 aliphatic carbocycles. The molecule has 0 aliphatic rings. The smallest absolute Gasteiger partial charge is 0.290 e. The van der Waals surface area contributed by atoms with Crippen LogP contribution in [-0.4, -0.2) is 32.5 Å². The van der Waals surface area contributed by atoms with Gasteiger partial charge in [-0.15, -0.1) is 11.3 Å². The second-order valence-corrected chi connectivity index (χ2v) is 8.04. The van der Waals surface area contributed by atoms with Gasteiger partial charge in [-0.3, -0.25) is 35.3 Å². The van der Waals surface area contributed by atoms with Gasteiger partial charge < -0.3 is 4.42 Å². The highest BCUT2D eigenvalue weighted by atomic mass is 32.1. The van der Waals surface area contributed by atoms with Gasteiger partial charge in [0.15, 0.2) is 10.8 Å². The molecule has 0 spiro atoms. The lowest BCUT2D eigenvalue weighted by Gasteiger charge is -2.10. The fourth-order valence-electron chi connectivity index (χ4n) is 3.24. The summed E-state index contributed by atoms with van der Waals surface area (Å²) in [5.41, 5.74) is 5.18. The summed E-state index contributed by atoms with van der Waals surface area (Å²) in [5, 5.41) is 9.48. The summed E-state index contributed by atoms with van der Waals surface area (Å²) < 4.78 is 6.30.